The molecule has 0 unspecified atom stereocenters. The minimum Gasteiger partial charge on any atom is -0.496 e. The first-order valence-electron chi connectivity index (χ1n) is 11.6. The fourth-order valence-corrected chi connectivity index (χ4v) is 5.34. The van der Waals surface area contributed by atoms with Gasteiger partial charge in [-0.1, -0.05) is 55.5 Å². The van der Waals surface area contributed by atoms with Crippen LogP contribution in [0.2, 0.25) is 0 Å². The molecule has 0 aliphatic carbocycles. The summed E-state index contributed by atoms with van der Waals surface area (Å²) in [5.41, 5.74) is 3.52. The van der Waals surface area contributed by atoms with E-state index in [0.29, 0.717) is 0 Å². The lowest BCUT2D eigenvalue weighted by molar-refractivity contribution is -0.268. The van der Waals surface area contributed by atoms with Crippen LogP contribution in [0.25, 0.3) is 0 Å². The Morgan fingerprint density at radius 3 is 2.34 bits per heavy atom. The van der Waals surface area contributed by atoms with Crippen molar-refractivity contribution in [3.05, 3.63) is 89.5 Å². The number of aliphatic hydroxyl groups is 1. The van der Waals surface area contributed by atoms with Gasteiger partial charge < -0.3 is 24.6 Å². The molecule has 35 heavy (non-hydrogen) atoms. The number of carbonyl (C=O) groups is 1. The fraction of sp³-hybridized carbons (Fsp3) is 0.321. The zero-order valence-corrected chi connectivity index (χ0v) is 21.0. The molecule has 1 amide bonds. The lowest BCUT2D eigenvalue weighted by Crippen LogP contribution is -2.38. The van der Waals surface area contributed by atoms with E-state index in [1.54, 1.807) is 18.9 Å². The topological polar surface area (TPSA) is 77.0 Å². The number of thioether (sulfide) groups is 1. The SMILES string of the molecule is COc1ccccc1SC[C@@H]1O[C@H](c2ccc(NC(C)=O)cc2)O[C@H](c2ccc(CO)cc2)[C@@H]1C. The molecule has 1 heterocycles. The summed E-state index contributed by atoms with van der Waals surface area (Å²) in [6, 6.07) is 23.4. The largest absolute Gasteiger partial charge is 0.496 e. The molecule has 4 atom stereocenters. The third kappa shape index (κ3) is 6.24. The molecule has 0 aromatic heterocycles. The highest BCUT2D eigenvalue weighted by atomic mass is 32.2. The average Bonchev–Trinajstić information content (AvgIpc) is 2.88. The number of para-hydroxylation sites is 1. The van der Waals surface area contributed by atoms with E-state index in [1.165, 1.54) is 6.92 Å². The molecule has 2 N–H and O–H groups in total. The third-order valence-electron chi connectivity index (χ3n) is 6.10. The molecule has 184 valence electrons. The summed E-state index contributed by atoms with van der Waals surface area (Å²) in [6.45, 7) is 3.64. The second-order valence-corrected chi connectivity index (χ2v) is 9.65. The predicted molar refractivity (Wildman–Crippen MR) is 137 cm³/mol. The van der Waals surface area contributed by atoms with Crippen molar-refractivity contribution in [2.75, 3.05) is 18.2 Å². The maximum absolute atomic E-state index is 11.4. The van der Waals surface area contributed by atoms with Crippen LogP contribution in [-0.2, 0) is 20.9 Å². The molecular formula is C28H31NO5S. The molecule has 6 nitrogen and oxygen atoms in total. The number of benzene rings is 3. The number of hydrogen-bond acceptors (Lipinski definition) is 6. The van der Waals surface area contributed by atoms with Gasteiger partial charge in [-0.05, 0) is 35.4 Å². The molecule has 1 saturated heterocycles. The van der Waals surface area contributed by atoms with Crippen LogP contribution >= 0.6 is 11.8 Å². The molecule has 4 rings (SSSR count). The van der Waals surface area contributed by atoms with Gasteiger partial charge in [0, 0.05) is 34.7 Å². The van der Waals surface area contributed by atoms with Crippen molar-refractivity contribution in [1.29, 1.82) is 0 Å². The van der Waals surface area contributed by atoms with Gasteiger partial charge in [0.2, 0.25) is 5.91 Å². The average molecular weight is 494 g/mol. The highest BCUT2D eigenvalue weighted by Crippen LogP contribution is 2.43. The first-order chi connectivity index (χ1) is 17.0. The Labute approximate surface area is 210 Å². The normalized spacial score (nSPS) is 21.9. The van der Waals surface area contributed by atoms with Gasteiger partial charge in [0.25, 0.3) is 0 Å². The minimum atomic E-state index is -0.552. The molecule has 0 bridgehead atoms. The quantitative estimate of drug-likeness (QED) is 0.390. The summed E-state index contributed by atoms with van der Waals surface area (Å²) in [4.78, 5) is 12.4. The Kier molecular flexibility index (Phi) is 8.46. The smallest absolute Gasteiger partial charge is 0.221 e. The van der Waals surface area contributed by atoms with Crippen molar-refractivity contribution in [3.63, 3.8) is 0 Å². The van der Waals surface area contributed by atoms with Gasteiger partial charge in [-0.25, -0.2) is 0 Å². The molecule has 3 aromatic rings. The first-order valence-corrected chi connectivity index (χ1v) is 12.6. The van der Waals surface area contributed by atoms with Gasteiger partial charge in [0.15, 0.2) is 6.29 Å². The van der Waals surface area contributed by atoms with Crippen molar-refractivity contribution in [2.24, 2.45) is 5.92 Å². The Balaban J connectivity index is 1.58. The van der Waals surface area contributed by atoms with Crippen molar-refractivity contribution in [1.82, 2.24) is 0 Å². The molecule has 0 saturated carbocycles. The molecule has 0 radical (unpaired) electrons. The summed E-state index contributed by atoms with van der Waals surface area (Å²) in [5, 5.41) is 12.2. The standard InChI is InChI=1S/C28H31NO5S/c1-18-25(17-35-26-7-5-4-6-24(26)32-3)33-28(22-12-14-23(15-13-22)29-19(2)31)34-27(18)21-10-8-20(16-30)9-11-21/h4-15,18,25,27-28,30H,16-17H2,1-3H3,(H,29,31)/t18-,25+,27+,28+/m1/s1. The van der Waals surface area contributed by atoms with Crippen LogP contribution in [0.1, 0.15) is 42.9 Å². The fourth-order valence-electron chi connectivity index (χ4n) is 4.15. The highest BCUT2D eigenvalue weighted by Gasteiger charge is 2.38. The third-order valence-corrected chi connectivity index (χ3v) is 7.24. The monoisotopic (exact) mass is 493 g/mol. The second kappa shape index (κ2) is 11.7. The van der Waals surface area contributed by atoms with Gasteiger partial charge in [-0.2, -0.15) is 0 Å². The number of methoxy groups -OCH3 is 1. The number of rotatable bonds is 8. The minimum absolute atomic E-state index is 0.00587. The molecule has 1 aliphatic rings. The number of hydrogen-bond donors (Lipinski definition) is 2. The van der Waals surface area contributed by atoms with Gasteiger partial charge in [-0.15, -0.1) is 11.8 Å². The van der Waals surface area contributed by atoms with E-state index in [0.717, 1.165) is 38.8 Å². The van der Waals surface area contributed by atoms with E-state index in [4.69, 9.17) is 14.2 Å². The van der Waals surface area contributed by atoms with E-state index in [-0.39, 0.29) is 30.6 Å². The van der Waals surface area contributed by atoms with Crippen LogP contribution in [0, 0.1) is 5.92 Å². The molecule has 7 heteroatoms. The van der Waals surface area contributed by atoms with Gasteiger partial charge in [-0.3, -0.25) is 4.79 Å². The van der Waals surface area contributed by atoms with Crippen LogP contribution in [0.4, 0.5) is 5.69 Å². The van der Waals surface area contributed by atoms with Crippen molar-refractivity contribution in [2.45, 2.75) is 43.8 Å². The molecule has 1 fully saturated rings. The molecule has 3 aromatic carbocycles. The highest BCUT2D eigenvalue weighted by molar-refractivity contribution is 7.99. The maximum atomic E-state index is 11.4. The lowest BCUT2D eigenvalue weighted by atomic mass is 9.91. The summed E-state index contributed by atoms with van der Waals surface area (Å²) < 4.78 is 18.5. The van der Waals surface area contributed by atoms with Crippen molar-refractivity contribution < 1.29 is 24.1 Å². The Bertz CT molecular complexity index is 1120. The predicted octanol–water partition coefficient (Wildman–Crippen LogP) is 5.73. The number of anilines is 1. The Morgan fingerprint density at radius 2 is 1.69 bits per heavy atom. The Hall–Kier alpha value is -2.84. The summed E-state index contributed by atoms with van der Waals surface area (Å²) >= 11 is 1.71. The first kappa shape index (κ1) is 25.3. The number of aliphatic hydroxyl groups excluding tert-OH is 1. The van der Waals surface area contributed by atoms with Crippen LogP contribution in [0.15, 0.2) is 77.7 Å². The van der Waals surface area contributed by atoms with E-state index < -0.39 is 6.29 Å². The van der Waals surface area contributed by atoms with Crippen LogP contribution < -0.4 is 10.1 Å². The second-order valence-electron chi connectivity index (χ2n) is 8.59. The van der Waals surface area contributed by atoms with E-state index in [9.17, 15) is 9.90 Å². The Morgan fingerprint density at radius 1 is 1.00 bits per heavy atom. The number of amides is 1. The van der Waals surface area contributed by atoms with E-state index in [2.05, 4.69) is 18.3 Å². The lowest BCUT2D eigenvalue weighted by Gasteiger charge is -2.41. The summed E-state index contributed by atoms with van der Waals surface area (Å²) in [5.74, 6) is 1.55. The van der Waals surface area contributed by atoms with E-state index in [1.807, 2.05) is 66.7 Å². The molecule has 1 aliphatic heterocycles. The number of ether oxygens (including phenoxy) is 3. The zero-order chi connectivity index (χ0) is 24.8. The van der Waals surface area contributed by atoms with Crippen molar-refractivity contribution >= 4 is 23.4 Å². The van der Waals surface area contributed by atoms with Gasteiger partial charge in [0.05, 0.1) is 25.9 Å². The summed E-state index contributed by atoms with van der Waals surface area (Å²) in [7, 11) is 1.68. The molecular weight excluding hydrogens is 462 g/mol. The zero-order valence-electron chi connectivity index (χ0n) is 20.1. The van der Waals surface area contributed by atoms with Crippen LogP contribution in [-0.4, -0.2) is 30.0 Å². The van der Waals surface area contributed by atoms with Crippen molar-refractivity contribution in [3.8, 4) is 5.75 Å². The van der Waals surface area contributed by atoms with Gasteiger partial charge in [0.1, 0.15) is 5.75 Å². The van der Waals surface area contributed by atoms with Gasteiger partial charge >= 0.3 is 0 Å². The number of nitrogens with one attached hydrogen (secondary N) is 1. The molecule has 0 spiro atoms. The van der Waals surface area contributed by atoms with Crippen LogP contribution in [0.3, 0.4) is 0 Å². The van der Waals surface area contributed by atoms with E-state index >= 15 is 0 Å². The van der Waals surface area contributed by atoms with Crippen LogP contribution in [0.5, 0.6) is 5.75 Å². The summed E-state index contributed by atoms with van der Waals surface area (Å²) in [6.07, 6.45) is -0.815. The number of carbonyl (C=O) groups excluding carboxylic acids is 1. The maximum Gasteiger partial charge on any atom is 0.221 e.